The third kappa shape index (κ3) is 3.75. The molecule has 2 aromatic rings. The van der Waals surface area contributed by atoms with Gasteiger partial charge in [0, 0.05) is 16.6 Å². The van der Waals surface area contributed by atoms with Crippen LogP contribution in [0.25, 0.3) is 5.57 Å². The fraction of sp³-hybridized carbons (Fsp3) is 0.0909. The van der Waals surface area contributed by atoms with E-state index >= 15 is 0 Å². The lowest BCUT2D eigenvalue weighted by atomic mass is 9.89. The molecule has 0 amide bonds. The maximum Gasteiger partial charge on any atom is 0.149 e. The molecule has 0 spiro atoms. The van der Waals surface area contributed by atoms with Gasteiger partial charge in [0.25, 0.3) is 0 Å². The van der Waals surface area contributed by atoms with Crippen molar-refractivity contribution in [2.75, 3.05) is 12.0 Å². The van der Waals surface area contributed by atoms with Crippen LogP contribution in [0.3, 0.4) is 0 Å². The highest BCUT2D eigenvalue weighted by Crippen LogP contribution is 2.38. The molecule has 0 unspecified atom stereocenters. The number of hydrogen-bond acceptors (Lipinski definition) is 5. The Morgan fingerprint density at radius 2 is 1.66 bits per heavy atom. The van der Waals surface area contributed by atoms with Crippen LogP contribution in [0.1, 0.15) is 12.0 Å². The number of nitrogens with one attached hydrogen (secondary N) is 1. The van der Waals surface area contributed by atoms with E-state index in [4.69, 9.17) is 10.1 Å². The number of nitriles is 3. The summed E-state index contributed by atoms with van der Waals surface area (Å²) in [5, 5.41) is 37.5. The van der Waals surface area contributed by atoms with Gasteiger partial charge in [-0.3, -0.25) is 10.3 Å². The van der Waals surface area contributed by atoms with Gasteiger partial charge < -0.3 is 4.74 Å². The quantitative estimate of drug-likeness (QED) is 0.676. The molecule has 1 aliphatic heterocycles. The van der Waals surface area contributed by atoms with E-state index in [1.165, 1.54) is 4.90 Å². The Kier molecular flexibility index (Phi) is 5.79. The second-order valence-corrected chi connectivity index (χ2v) is 6.99. The lowest BCUT2D eigenvalue weighted by Crippen LogP contribution is -2.35. The number of halogens is 1. The van der Waals surface area contributed by atoms with Gasteiger partial charge in [-0.15, -0.1) is 0 Å². The van der Waals surface area contributed by atoms with E-state index in [0.717, 1.165) is 10.0 Å². The molecule has 3 rings (SSSR count). The Hall–Kier alpha value is -3.86. The zero-order valence-corrected chi connectivity index (χ0v) is 17.0. The molecule has 1 heterocycles. The number of allylic oxidation sites excluding steroid dienone is 2. The Morgan fingerprint density at radius 1 is 1.03 bits per heavy atom. The predicted molar refractivity (Wildman–Crippen MR) is 113 cm³/mol. The van der Waals surface area contributed by atoms with Gasteiger partial charge >= 0.3 is 0 Å². The molecule has 0 aromatic heterocycles. The standard InChI is InChI=1S/C22H14BrN5O/c1-29-18-8-6-17(7-9-18)28-21(15(11-24)12-25)10-19(20(13-26)22(28)27)14-2-4-16(23)5-3-14/h2-9,27H,10H2,1H3. The molecule has 1 aliphatic rings. The van der Waals surface area contributed by atoms with Crippen LogP contribution >= 0.6 is 15.9 Å². The first-order valence-corrected chi connectivity index (χ1v) is 9.29. The minimum Gasteiger partial charge on any atom is -0.497 e. The van der Waals surface area contributed by atoms with Gasteiger partial charge in [-0.05, 0) is 47.5 Å². The number of methoxy groups -OCH3 is 1. The number of anilines is 1. The minimum atomic E-state index is -0.0998. The van der Waals surface area contributed by atoms with Crippen molar-refractivity contribution in [3.8, 4) is 24.0 Å². The van der Waals surface area contributed by atoms with Crippen molar-refractivity contribution in [2.24, 2.45) is 0 Å². The van der Waals surface area contributed by atoms with Crippen LogP contribution < -0.4 is 9.64 Å². The Morgan fingerprint density at radius 3 is 2.17 bits per heavy atom. The SMILES string of the molecule is COc1ccc(N2C(=N)C(C#N)=C(c3ccc(Br)cc3)CC2=C(C#N)C#N)cc1. The summed E-state index contributed by atoms with van der Waals surface area (Å²) in [6.45, 7) is 0. The Balaban J connectivity index is 2.24. The maximum absolute atomic E-state index is 9.78. The third-order valence-electron chi connectivity index (χ3n) is 4.52. The largest absolute Gasteiger partial charge is 0.497 e. The minimum absolute atomic E-state index is 0.0835. The van der Waals surface area contributed by atoms with Crippen LogP contribution in [-0.4, -0.2) is 12.9 Å². The summed E-state index contributed by atoms with van der Waals surface area (Å²) in [6.07, 6.45) is 0.176. The molecule has 140 valence electrons. The van der Waals surface area contributed by atoms with Crippen molar-refractivity contribution in [1.82, 2.24) is 0 Å². The van der Waals surface area contributed by atoms with E-state index in [1.54, 1.807) is 31.4 Å². The zero-order valence-electron chi connectivity index (χ0n) is 15.4. The van der Waals surface area contributed by atoms with Crippen molar-refractivity contribution in [3.05, 3.63) is 75.4 Å². The van der Waals surface area contributed by atoms with Crippen LogP contribution in [0.15, 0.2) is 69.8 Å². The molecule has 0 aliphatic carbocycles. The summed E-state index contributed by atoms with van der Waals surface area (Å²) >= 11 is 3.39. The van der Waals surface area contributed by atoms with Crippen LogP contribution in [0.2, 0.25) is 0 Å². The summed E-state index contributed by atoms with van der Waals surface area (Å²) < 4.78 is 6.06. The van der Waals surface area contributed by atoms with E-state index in [1.807, 2.05) is 36.4 Å². The van der Waals surface area contributed by atoms with Crippen molar-refractivity contribution < 1.29 is 4.74 Å². The maximum atomic E-state index is 9.78. The van der Waals surface area contributed by atoms with Crippen molar-refractivity contribution in [3.63, 3.8) is 0 Å². The number of rotatable bonds is 3. The number of hydrogen-bond donors (Lipinski definition) is 1. The number of benzene rings is 2. The van der Waals surface area contributed by atoms with Crippen molar-refractivity contribution in [2.45, 2.75) is 6.42 Å². The van der Waals surface area contributed by atoms with Gasteiger partial charge in [0.05, 0.1) is 18.4 Å². The van der Waals surface area contributed by atoms with E-state index < -0.39 is 0 Å². The van der Waals surface area contributed by atoms with Crippen LogP contribution in [0, 0.1) is 39.4 Å². The highest BCUT2D eigenvalue weighted by atomic mass is 79.9. The van der Waals surface area contributed by atoms with Crippen LogP contribution in [0.5, 0.6) is 5.75 Å². The topological polar surface area (TPSA) is 108 Å². The smallest absolute Gasteiger partial charge is 0.149 e. The molecule has 2 aromatic carbocycles. The second kappa shape index (κ2) is 8.44. The summed E-state index contributed by atoms with van der Waals surface area (Å²) in [5.74, 6) is 0.551. The average molecular weight is 444 g/mol. The summed E-state index contributed by atoms with van der Waals surface area (Å²) in [5.41, 5.74) is 2.39. The second-order valence-electron chi connectivity index (χ2n) is 6.08. The van der Waals surface area contributed by atoms with E-state index in [0.29, 0.717) is 22.7 Å². The average Bonchev–Trinajstić information content (AvgIpc) is 2.75. The van der Waals surface area contributed by atoms with Crippen LogP contribution in [0.4, 0.5) is 5.69 Å². The molecular formula is C22H14BrN5O. The molecule has 6 nitrogen and oxygen atoms in total. The molecule has 7 heteroatoms. The molecule has 0 saturated carbocycles. The zero-order chi connectivity index (χ0) is 21.0. The highest BCUT2D eigenvalue weighted by molar-refractivity contribution is 9.10. The van der Waals surface area contributed by atoms with E-state index in [-0.39, 0.29) is 23.4 Å². The fourth-order valence-electron chi connectivity index (χ4n) is 3.11. The lowest BCUT2D eigenvalue weighted by Gasteiger charge is -2.33. The highest BCUT2D eigenvalue weighted by Gasteiger charge is 2.32. The van der Waals surface area contributed by atoms with Crippen molar-refractivity contribution >= 4 is 33.0 Å². The first kappa shape index (κ1) is 19.9. The molecule has 0 bridgehead atoms. The molecule has 1 N–H and O–H groups in total. The van der Waals surface area contributed by atoms with Crippen molar-refractivity contribution in [1.29, 1.82) is 21.2 Å². The molecule has 0 radical (unpaired) electrons. The van der Waals surface area contributed by atoms with E-state index in [9.17, 15) is 15.8 Å². The summed E-state index contributed by atoms with van der Waals surface area (Å²) in [7, 11) is 1.55. The fourth-order valence-corrected chi connectivity index (χ4v) is 3.38. The summed E-state index contributed by atoms with van der Waals surface area (Å²) in [4.78, 5) is 1.47. The van der Waals surface area contributed by atoms with Crippen LogP contribution in [-0.2, 0) is 0 Å². The summed E-state index contributed by atoms with van der Waals surface area (Å²) in [6, 6.07) is 20.2. The molecule has 29 heavy (non-hydrogen) atoms. The molecule has 0 fully saturated rings. The predicted octanol–water partition coefficient (Wildman–Crippen LogP) is 4.92. The number of ether oxygens (including phenoxy) is 1. The molecule has 0 saturated heterocycles. The monoisotopic (exact) mass is 443 g/mol. The van der Waals surface area contributed by atoms with Gasteiger partial charge in [-0.1, -0.05) is 28.1 Å². The Labute approximate surface area is 176 Å². The van der Waals surface area contributed by atoms with Gasteiger partial charge in [-0.2, -0.15) is 15.8 Å². The van der Waals surface area contributed by atoms with Gasteiger partial charge in [0.1, 0.15) is 35.4 Å². The number of nitrogens with zero attached hydrogens (tertiary/aromatic N) is 4. The van der Waals surface area contributed by atoms with E-state index in [2.05, 4.69) is 22.0 Å². The molecular weight excluding hydrogens is 430 g/mol. The third-order valence-corrected chi connectivity index (χ3v) is 5.05. The number of amidine groups is 1. The lowest BCUT2D eigenvalue weighted by molar-refractivity contribution is 0.415. The first-order chi connectivity index (χ1) is 14.0. The first-order valence-electron chi connectivity index (χ1n) is 8.49. The Bertz CT molecular complexity index is 1140. The van der Waals surface area contributed by atoms with Gasteiger partial charge in [-0.25, -0.2) is 0 Å². The molecule has 0 atom stereocenters. The van der Waals surface area contributed by atoms with Gasteiger partial charge in [0.2, 0.25) is 0 Å². The van der Waals surface area contributed by atoms with Gasteiger partial charge in [0.15, 0.2) is 0 Å². The normalized spacial score (nSPS) is 13.4.